The Labute approximate surface area is 152 Å². The molecule has 2 aromatic heterocycles. The van der Waals surface area contributed by atoms with Crippen LogP contribution in [0.5, 0.6) is 0 Å². The number of fused-ring (bicyclic) bond motifs is 1. The summed E-state index contributed by atoms with van der Waals surface area (Å²) in [5.74, 6) is 1.55. The van der Waals surface area contributed by atoms with E-state index in [4.69, 9.17) is 4.74 Å². The summed E-state index contributed by atoms with van der Waals surface area (Å²) in [5, 5.41) is 11.6. The lowest BCUT2D eigenvalue weighted by molar-refractivity contribution is -0.00714. The lowest BCUT2D eigenvalue weighted by atomic mass is 9.99. The molecule has 2 atom stereocenters. The van der Waals surface area contributed by atoms with Crippen LogP contribution < -0.4 is 4.90 Å². The molecule has 0 unspecified atom stereocenters. The molecule has 4 rings (SSSR count). The number of carbonyl (C=O) groups is 1. The molecule has 2 aliphatic rings. The first kappa shape index (κ1) is 17.0. The molecule has 1 saturated heterocycles. The van der Waals surface area contributed by atoms with Gasteiger partial charge >= 0.3 is 0 Å². The van der Waals surface area contributed by atoms with Gasteiger partial charge in [0.05, 0.1) is 17.9 Å². The Morgan fingerprint density at radius 2 is 1.96 bits per heavy atom. The Kier molecular flexibility index (Phi) is 4.18. The highest BCUT2D eigenvalue weighted by atomic mass is 16.5. The molecule has 2 aliphatic heterocycles. The van der Waals surface area contributed by atoms with Crippen LogP contribution in [0.4, 0.5) is 5.95 Å². The standard InChI is InChI=1S/C17H25N7O2/c1-10-9-13-14(11(2)26-10)21-22(4)15(13)16(25)23-5-7-24(8-6-23)17-18-12(3)19-20-17/h10-11H,5-9H2,1-4H3,(H,18,19,20)/t10-,11+/m1/s1. The van der Waals surface area contributed by atoms with Crippen LogP contribution in [-0.4, -0.2) is 68.1 Å². The quantitative estimate of drug-likeness (QED) is 0.854. The second-order valence-corrected chi connectivity index (χ2v) is 7.13. The topological polar surface area (TPSA) is 92.2 Å². The van der Waals surface area contributed by atoms with E-state index in [9.17, 15) is 4.79 Å². The van der Waals surface area contributed by atoms with Gasteiger partial charge in [-0.2, -0.15) is 10.1 Å². The summed E-state index contributed by atoms with van der Waals surface area (Å²) in [7, 11) is 1.84. The molecule has 140 valence electrons. The molecule has 0 saturated carbocycles. The van der Waals surface area contributed by atoms with Gasteiger partial charge in [0.1, 0.15) is 11.5 Å². The molecule has 0 aromatic carbocycles. The normalized spacial score (nSPS) is 23.2. The van der Waals surface area contributed by atoms with E-state index < -0.39 is 0 Å². The van der Waals surface area contributed by atoms with Gasteiger partial charge in [0.2, 0.25) is 5.95 Å². The molecule has 0 aliphatic carbocycles. The van der Waals surface area contributed by atoms with E-state index >= 15 is 0 Å². The Morgan fingerprint density at radius 3 is 2.62 bits per heavy atom. The summed E-state index contributed by atoms with van der Waals surface area (Å²) in [6.45, 7) is 8.65. The van der Waals surface area contributed by atoms with Crippen molar-refractivity contribution in [3.8, 4) is 0 Å². The van der Waals surface area contributed by atoms with Crippen molar-refractivity contribution in [1.29, 1.82) is 0 Å². The largest absolute Gasteiger partial charge is 0.369 e. The van der Waals surface area contributed by atoms with Gasteiger partial charge in [-0.25, -0.2) is 0 Å². The highest BCUT2D eigenvalue weighted by Crippen LogP contribution is 2.31. The average molecular weight is 359 g/mol. The van der Waals surface area contributed by atoms with E-state index in [0.717, 1.165) is 36.6 Å². The summed E-state index contributed by atoms with van der Waals surface area (Å²) in [5.41, 5.74) is 2.63. The SMILES string of the molecule is Cc1nc(N2CCN(C(=O)c3c4c(nn3C)[C@H](C)O[C@H](C)C4)CC2)n[nH]1. The Balaban J connectivity index is 1.51. The minimum absolute atomic E-state index is 0.0494. The van der Waals surface area contributed by atoms with Crippen LogP contribution in [-0.2, 0) is 18.2 Å². The monoisotopic (exact) mass is 359 g/mol. The molecule has 2 aromatic rings. The Hall–Kier alpha value is -2.42. The maximum Gasteiger partial charge on any atom is 0.272 e. The first-order chi connectivity index (χ1) is 12.4. The predicted molar refractivity (Wildman–Crippen MR) is 95.1 cm³/mol. The molecule has 9 heteroatoms. The fourth-order valence-corrected chi connectivity index (χ4v) is 3.86. The number of aryl methyl sites for hydroxylation is 2. The van der Waals surface area contributed by atoms with E-state index in [1.54, 1.807) is 4.68 Å². The third-order valence-corrected chi connectivity index (χ3v) is 5.13. The van der Waals surface area contributed by atoms with Crippen molar-refractivity contribution in [3.05, 3.63) is 22.8 Å². The van der Waals surface area contributed by atoms with Gasteiger partial charge < -0.3 is 14.5 Å². The molecule has 0 spiro atoms. The minimum atomic E-state index is -0.0765. The number of hydrogen-bond acceptors (Lipinski definition) is 6. The van der Waals surface area contributed by atoms with Gasteiger partial charge in [-0.3, -0.25) is 14.6 Å². The van der Waals surface area contributed by atoms with Crippen molar-refractivity contribution in [1.82, 2.24) is 29.9 Å². The third kappa shape index (κ3) is 2.86. The van der Waals surface area contributed by atoms with Crippen molar-refractivity contribution < 1.29 is 9.53 Å². The van der Waals surface area contributed by atoms with Crippen molar-refractivity contribution in [2.24, 2.45) is 7.05 Å². The molecule has 9 nitrogen and oxygen atoms in total. The predicted octanol–water partition coefficient (Wildman–Crippen LogP) is 0.831. The maximum absolute atomic E-state index is 13.2. The summed E-state index contributed by atoms with van der Waals surface area (Å²) in [4.78, 5) is 21.6. The van der Waals surface area contributed by atoms with Crippen LogP contribution in [0.2, 0.25) is 0 Å². The van der Waals surface area contributed by atoms with Crippen LogP contribution in [0.15, 0.2) is 0 Å². The number of nitrogens with one attached hydrogen (secondary N) is 1. The van der Waals surface area contributed by atoms with Crippen LogP contribution >= 0.6 is 0 Å². The number of H-pyrrole nitrogens is 1. The van der Waals surface area contributed by atoms with E-state index in [-0.39, 0.29) is 18.1 Å². The molecule has 0 radical (unpaired) electrons. The average Bonchev–Trinajstić information content (AvgIpc) is 3.18. The summed E-state index contributed by atoms with van der Waals surface area (Å²) >= 11 is 0. The van der Waals surface area contributed by atoms with E-state index in [2.05, 4.69) is 25.2 Å². The van der Waals surface area contributed by atoms with Gasteiger partial charge in [0.25, 0.3) is 5.91 Å². The highest BCUT2D eigenvalue weighted by Gasteiger charge is 2.34. The zero-order valence-corrected chi connectivity index (χ0v) is 15.7. The zero-order valence-electron chi connectivity index (χ0n) is 15.7. The molecule has 1 amide bonds. The molecule has 26 heavy (non-hydrogen) atoms. The van der Waals surface area contributed by atoms with Gasteiger partial charge in [-0.05, 0) is 20.8 Å². The number of rotatable bonds is 2. The van der Waals surface area contributed by atoms with Gasteiger partial charge in [-0.15, -0.1) is 5.10 Å². The maximum atomic E-state index is 13.2. The molecule has 0 bridgehead atoms. The second kappa shape index (κ2) is 6.39. The Morgan fingerprint density at radius 1 is 1.23 bits per heavy atom. The number of piperazine rings is 1. The number of hydrogen-bond donors (Lipinski definition) is 1. The fraction of sp³-hybridized carbons (Fsp3) is 0.647. The van der Waals surface area contributed by atoms with Crippen LogP contribution in [0.3, 0.4) is 0 Å². The van der Waals surface area contributed by atoms with Crippen LogP contribution in [0.1, 0.15) is 47.5 Å². The second-order valence-electron chi connectivity index (χ2n) is 7.13. The zero-order chi connectivity index (χ0) is 18.4. The van der Waals surface area contributed by atoms with Gasteiger partial charge in [-0.1, -0.05) is 0 Å². The number of ether oxygens (including phenoxy) is 1. The molecule has 1 fully saturated rings. The van der Waals surface area contributed by atoms with Crippen molar-refractivity contribution in [2.45, 2.75) is 39.4 Å². The molecular formula is C17H25N7O2. The number of carbonyl (C=O) groups excluding carboxylic acids is 1. The third-order valence-electron chi connectivity index (χ3n) is 5.13. The molecule has 1 N–H and O–H groups in total. The number of aromatic nitrogens is 5. The van der Waals surface area contributed by atoms with Crippen molar-refractivity contribution in [3.63, 3.8) is 0 Å². The van der Waals surface area contributed by atoms with Crippen molar-refractivity contribution >= 4 is 11.9 Å². The summed E-state index contributed by atoms with van der Waals surface area (Å²) in [6, 6.07) is 0. The lowest BCUT2D eigenvalue weighted by Gasteiger charge is -2.34. The number of nitrogens with zero attached hydrogens (tertiary/aromatic N) is 6. The smallest absolute Gasteiger partial charge is 0.272 e. The van der Waals surface area contributed by atoms with E-state index in [1.165, 1.54) is 0 Å². The van der Waals surface area contributed by atoms with Crippen LogP contribution in [0, 0.1) is 6.92 Å². The first-order valence-electron chi connectivity index (χ1n) is 9.08. The number of aromatic amines is 1. The number of amides is 1. The van der Waals surface area contributed by atoms with Crippen molar-refractivity contribution in [2.75, 3.05) is 31.1 Å². The number of anilines is 1. The van der Waals surface area contributed by atoms with Gasteiger partial charge in [0, 0.05) is 45.2 Å². The highest BCUT2D eigenvalue weighted by molar-refractivity contribution is 5.94. The molecular weight excluding hydrogens is 334 g/mol. The van der Waals surface area contributed by atoms with E-state index in [0.29, 0.717) is 24.7 Å². The lowest BCUT2D eigenvalue weighted by Crippen LogP contribution is -2.49. The molecule has 4 heterocycles. The van der Waals surface area contributed by atoms with Gasteiger partial charge in [0.15, 0.2) is 0 Å². The summed E-state index contributed by atoms with van der Waals surface area (Å²) < 4.78 is 7.57. The Bertz CT molecular complexity index is 819. The first-order valence-corrected chi connectivity index (χ1v) is 9.08. The fourth-order valence-electron chi connectivity index (χ4n) is 3.86. The summed E-state index contributed by atoms with van der Waals surface area (Å²) in [6.07, 6.45) is 0.747. The van der Waals surface area contributed by atoms with Crippen LogP contribution in [0.25, 0.3) is 0 Å². The van der Waals surface area contributed by atoms with E-state index in [1.807, 2.05) is 32.7 Å². The minimum Gasteiger partial charge on any atom is -0.369 e.